The Morgan fingerprint density at radius 2 is 2.00 bits per heavy atom. The van der Waals surface area contributed by atoms with E-state index in [1.54, 1.807) is 6.07 Å². The number of hydrogen-bond donors (Lipinski definition) is 1. The van der Waals surface area contributed by atoms with Gasteiger partial charge in [0.05, 0.1) is 11.4 Å². The van der Waals surface area contributed by atoms with E-state index in [2.05, 4.69) is 17.1 Å². The van der Waals surface area contributed by atoms with Gasteiger partial charge in [-0.15, -0.1) is 0 Å². The number of halogens is 1. The average molecular weight is 292 g/mol. The molecule has 1 aliphatic heterocycles. The molecule has 1 N–H and O–H groups in total. The smallest absolute Gasteiger partial charge is 0.224 e. The van der Waals surface area contributed by atoms with Crippen LogP contribution in [0.25, 0.3) is 0 Å². The first-order chi connectivity index (χ1) is 10.2. The summed E-state index contributed by atoms with van der Waals surface area (Å²) in [4.78, 5) is 14.2. The van der Waals surface area contributed by atoms with Gasteiger partial charge in [-0.3, -0.25) is 4.79 Å². The van der Waals surface area contributed by atoms with Gasteiger partial charge in [-0.05, 0) is 43.9 Å². The molecule has 1 amide bonds. The third kappa shape index (κ3) is 4.73. The second kappa shape index (κ2) is 8.01. The number of hydrogen-bond acceptors (Lipinski definition) is 2. The largest absolute Gasteiger partial charge is 0.370 e. The molecule has 0 atom stereocenters. The maximum atomic E-state index is 13.5. The fraction of sp³-hybridized carbons (Fsp3) is 0.588. The van der Waals surface area contributed by atoms with Crippen molar-refractivity contribution in [3.8, 4) is 0 Å². The zero-order valence-electron chi connectivity index (χ0n) is 12.8. The van der Waals surface area contributed by atoms with Crippen LogP contribution in [0.3, 0.4) is 0 Å². The number of carbonyl (C=O) groups excluding carboxylic acids is 1. The lowest BCUT2D eigenvalue weighted by Crippen LogP contribution is -2.30. The molecule has 0 radical (unpaired) electrons. The van der Waals surface area contributed by atoms with E-state index in [1.807, 2.05) is 0 Å². The topological polar surface area (TPSA) is 32.3 Å². The van der Waals surface area contributed by atoms with Gasteiger partial charge in [0.15, 0.2) is 0 Å². The fourth-order valence-corrected chi connectivity index (χ4v) is 2.77. The van der Waals surface area contributed by atoms with E-state index in [1.165, 1.54) is 18.6 Å². The molecule has 1 fully saturated rings. The summed E-state index contributed by atoms with van der Waals surface area (Å²) in [7, 11) is 0. The lowest BCUT2D eigenvalue weighted by molar-refractivity contribution is -0.116. The van der Waals surface area contributed by atoms with E-state index in [0.29, 0.717) is 12.1 Å². The van der Waals surface area contributed by atoms with Crippen LogP contribution in [0.15, 0.2) is 18.2 Å². The minimum absolute atomic E-state index is 0.0210. The normalized spacial score (nSPS) is 15.0. The molecule has 0 bridgehead atoms. The van der Waals surface area contributed by atoms with Crippen molar-refractivity contribution in [2.75, 3.05) is 23.3 Å². The highest BCUT2D eigenvalue weighted by molar-refractivity contribution is 5.94. The van der Waals surface area contributed by atoms with Gasteiger partial charge >= 0.3 is 0 Å². The molecule has 1 heterocycles. The van der Waals surface area contributed by atoms with Gasteiger partial charge in [-0.25, -0.2) is 4.39 Å². The monoisotopic (exact) mass is 292 g/mol. The van der Waals surface area contributed by atoms with Crippen molar-refractivity contribution in [3.05, 3.63) is 24.0 Å². The first kappa shape index (κ1) is 15.8. The Labute approximate surface area is 126 Å². The van der Waals surface area contributed by atoms with E-state index in [-0.39, 0.29) is 11.7 Å². The number of carbonyl (C=O) groups is 1. The number of nitrogens with zero attached hydrogens (tertiary/aromatic N) is 1. The van der Waals surface area contributed by atoms with Crippen LogP contribution < -0.4 is 10.2 Å². The van der Waals surface area contributed by atoms with Crippen molar-refractivity contribution in [3.63, 3.8) is 0 Å². The van der Waals surface area contributed by atoms with Gasteiger partial charge in [0.2, 0.25) is 5.91 Å². The van der Waals surface area contributed by atoms with Crippen LogP contribution in [0.2, 0.25) is 0 Å². The molecule has 1 aliphatic rings. The van der Waals surface area contributed by atoms with E-state index in [4.69, 9.17) is 0 Å². The first-order valence-electron chi connectivity index (χ1n) is 8.05. The number of benzene rings is 1. The summed E-state index contributed by atoms with van der Waals surface area (Å²) < 4.78 is 13.5. The SMILES string of the molecule is CCCCCC(=O)Nc1cc(F)ccc1N1CCCCC1. The summed E-state index contributed by atoms with van der Waals surface area (Å²) >= 11 is 0. The zero-order chi connectivity index (χ0) is 15.1. The van der Waals surface area contributed by atoms with Crippen molar-refractivity contribution in [1.29, 1.82) is 0 Å². The van der Waals surface area contributed by atoms with Crippen LogP contribution in [0.5, 0.6) is 0 Å². The maximum Gasteiger partial charge on any atom is 0.224 e. The molecule has 0 aliphatic carbocycles. The highest BCUT2D eigenvalue weighted by atomic mass is 19.1. The van der Waals surface area contributed by atoms with Gasteiger partial charge < -0.3 is 10.2 Å². The Morgan fingerprint density at radius 3 is 2.71 bits per heavy atom. The minimum atomic E-state index is -0.306. The molecule has 0 aromatic heterocycles. The molecule has 116 valence electrons. The molecule has 0 spiro atoms. The molecule has 1 aromatic carbocycles. The van der Waals surface area contributed by atoms with E-state index < -0.39 is 0 Å². The number of amides is 1. The number of rotatable bonds is 6. The van der Waals surface area contributed by atoms with Crippen molar-refractivity contribution in [2.45, 2.75) is 51.9 Å². The highest BCUT2D eigenvalue weighted by Gasteiger charge is 2.16. The van der Waals surface area contributed by atoms with Gasteiger partial charge in [-0.2, -0.15) is 0 Å². The predicted octanol–water partition coefficient (Wildman–Crippen LogP) is 4.33. The van der Waals surface area contributed by atoms with Gasteiger partial charge in [-0.1, -0.05) is 19.8 Å². The first-order valence-corrected chi connectivity index (χ1v) is 8.05. The summed E-state index contributed by atoms with van der Waals surface area (Å²) in [5, 5.41) is 2.89. The van der Waals surface area contributed by atoms with E-state index >= 15 is 0 Å². The Morgan fingerprint density at radius 1 is 1.24 bits per heavy atom. The Balaban J connectivity index is 2.05. The summed E-state index contributed by atoms with van der Waals surface area (Å²) in [6, 6.07) is 4.68. The maximum absolute atomic E-state index is 13.5. The van der Waals surface area contributed by atoms with Crippen molar-refractivity contribution in [2.24, 2.45) is 0 Å². The average Bonchev–Trinajstić information content (AvgIpc) is 2.48. The van der Waals surface area contributed by atoms with E-state index in [0.717, 1.165) is 50.9 Å². The molecule has 0 saturated carbocycles. The molecule has 2 rings (SSSR count). The fourth-order valence-electron chi connectivity index (χ4n) is 2.77. The third-order valence-corrected chi connectivity index (χ3v) is 3.94. The van der Waals surface area contributed by atoms with Crippen LogP contribution in [-0.2, 0) is 4.79 Å². The minimum Gasteiger partial charge on any atom is -0.370 e. The molecule has 1 aromatic rings. The van der Waals surface area contributed by atoms with Crippen LogP contribution >= 0.6 is 0 Å². The second-order valence-corrected chi connectivity index (χ2v) is 5.71. The number of nitrogens with one attached hydrogen (secondary N) is 1. The van der Waals surface area contributed by atoms with Crippen LogP contribution in [-0.4, -0.2) is 19.0 Å². The molecular weight excluding hydrogens is 267 g/mol. The summed E-state index contributed by atoms with van der Waals surface area (Å²) in [6.45, 7) is 4.06. The van der Waals surface area contributed by atoms with E-state index in [9.17, 15) is 9.18 Å². The second-order valence-electron chi connectivity index (χ2n) is 5.71. The Bertz CT molecular complexity index is 470. The van der Waals surface area contributed by atoms with Gasteiger partial charge in [0.1, 0.15) is 5.82 Å². The molecule has 1 saturated heterocycles. The third-order valence-electron chi connectivity index (χ3n) is 3.94. The number of unbranched alkanes of at least 4 members (excludes halogenated alkanes) is 2. The molecule has 21 heavy (non-hydrogen) atoms. The van der Waals surface area contributed by atoms with Crippen molar-refractivity contribution >= 4 is 17.3 Å². The van der Waals surface area contributed by atoms with Crippen LogP contribution in [0.4, 0.5) is 15.8 Å². The van der Waals surface area contributed by atoms with Crippen molar-refractivity contribution in [1.82, 2.24) is 0 Å². The summed E-state index contributed by atoms with van der Waals surface area (Å²) in [5.74, 6) is -0.327. The number of anilines is 2. The Kier molecular flexibility index (Phi) is 6.03. The molecule has 3 nitrogen and oxygen atoms in total. The summed E-state index contributed by atoms with van der Waals surface area (Å²) in [5.41, 5.74) is 1.55. The highest BCUT2D eigenvalue weighted by Crippen LogP contribution is 2.29. The summed E-state index contributed by atoms with van der Waals surface area (Å²) in [6.07, 6.45) is 7.08. The van der Waals surface area contributed by atoms with Crippen molar-refractivity contribution < 1.29 is 9.18 Å². The van der Waals surface area contributed by atoms with Gasteiger partial charge in [0.25, 0.3) is 0 Å². The number of piperidine rings is 1. The quantitative estimate of drug-likeness (QED) is 0.791. The predicted molar refractivity (Wildman–Crippen MR) is 85.2 cm³/mol. The van der Waals surface area contributed by atoms with Gasteiger partial charge in [0, 0.05) is 19.5 Å². The molecule has 0 unspecified atom stereocenters. The lowest BCUT2D eigenvalue weighted by Gasteiger charge is -2.30. The zero-order valence-corrected chi connectivity index (χ0v) is 12.8. The Hall–Kier alpha value is -1.58. The standard InChI is InChI=1S/C17H25FN2O/c1-2-3-5-8-17(21)19-15-13-14(18)9-10-16(15)20-11-6-4-7-12-20/h9-10,13H,2-8,11-12H2,1H3,(H,19,21). The lowest BCUT2D eigenvalue weighted by atomic mass is 10.1. The molecule has 4 heteroatoms. The molecular formula is C17H25FN2O. The van der Waals surface area contributed by atoms with Crippen LogP contribution in [0.1, 0.15) is 51.9 Å². The van der Waals surface area contributed by atoms with Crippen LogP contribution in [0, 0.1) is 5.82 Å².